The monoisotopic (exact) mass is 470 g/mol. The number of hydrogen-bond acceptors (Lipinski definition) is 7. The molecule has 0 spiro atoms. The largest absolute Gasteiger partial charge is 0.493 e. The SMILES string of the molecule is COc1ccc(C(O)CN(C)CCCC(C#N)(c2ccc(OC)c(OC)c2)C(C)C)cc1OC. The first-order valence-electron chi connectivity index (χ1n) is 11.5. The average molecular weight is 471 g/mol. The maximum absolute atomic E-state index is 10.7. The van der Waals surface area contributed by atoms with E-state index in [1.165, 1.54) is 0 Å². The third-order valence-electron chi connectivity index (χ3n) is 6.47. The zero-order valence-corrected chi connectivity index (χ0v) is 21.4. The smallest absolute Gasteiger partial charge is 0.161 e. The van der Waals surface area contributed by atoms with Crippen LogP contribution in [0, 0.1) is 17.2 Å². The Kier molecular flexibility index (Phi) is 10.0. The number of nitrogens with zero attached hydrogens (tertiary/aromatic N) is 2. The number of aliphatic hydroxyl groups is 1. The molecule has 2 aromatic rings. The molecule has 2 atom stereocenters. The van der Waals surface area contributed by atoms with Gasteiger partial charge in [0, 0.05) is 6.54 Å². The summed E-state index contributed by atoms with van der Waals surface area (Å²) in [5.74, 6) is 2.59. The number of likely N-dealkylation sites (N-methyl/N-ethyl adjacent to an activating group) is 1. The fourth-order valence-corrected chi connectivity index (χ4v) is 4.31. The van der Waals surface area contributed by atoms with Gasteiger partial charge in [-0.3, -0.25) is 0 Å². The summed E-state index contributed by atoms with van der Waals surface area (Å²) in [5, 5.41) is 21.0. The van der Waals surface area contributed by atoms with Crippen molar-refractivity contribution in [3.8, 4) is 29.1 Å². The number of benzene rings is 2. The summed E-state index contributed by atoms with van der Waals surface area (Å²) in [7, 11) is 8.34. The van der Waals surface area contributed by atoms with Crippen LogP contribution in [0.3, 0.4) is 0 Å². The first-order chi connectivity index (χ1) is 16.3. The van der Waals surface area contributed by atoms with Crippen LogP contribution in [-0.2, 0) is 5.41 Å². The predicted molar refractivity (Wildman–Crippen MR) is 133 cm³/mol. The molecule has 0 heterocycles. The topological polar surface area (TPSA) is 84.2 Å². The molecule has 7 heteroatoms. The molecule has 0 aromatic heterocycles. The predicted octanol–water partition coefficient (Wildman–Crippen LogP) is 4.58. The van der Waals surface area contributed by atoms with Gasteiger partial charge >= 0.3 is 0 Å². The van der Waals surface area contributed by atoms with Crippen LogP contribution in [0.4, 0.5) is 0 Å². The molecular formula is C27H38N2O5. The van der Waals surface area contributed by atoms with E-state index in [2.05, 4.69) is 24.8 Å². The Hall–Kier alpha value is -2.95. The van der Waals surface area contributed by atoms with E-state index in [1.807, 2.05) is 31.3 Å². The van der Waals surface area contributed by atoms with Crippen molar-refractivity contribution in [3.05, 3.63) is 47.5 Å². The summed E-state index contributed by atoms with van der Waals surface area (Å²) < 4.78 is 21.4. The molecule has 0 fully saturated rings. The highest BCUT2D eigenvalue weighted by Gasteiger charge is 2.36. The van der Waals surface area contributed by atoms with Gasteiger partial charge in [-0.2, -0.15) is 5.26 Å². The van der Waals surface area contributed by atoms with Crippen LogP contribution in [0.2, 0.25) is 0 Å². The van der Waals surface area contributed by atoms with Crippen LogP contribution >= 0.6 is 0 Å². The van der Waals surface area contributed by atoms with E-state index in [1.54, 1.807) is 40.6 Å². The third kappa shape index (κ3) is 6.13. The first-order valence-corrected chi connectivity index (χ1v) is 11.5. The molecule has 0 saturated carbocycles. The molecule has 0 amide bonds. The summed E-state index contributed by atoms with van der Waals surface area (Å²) >= 11 is 0. The quantitative estimate of drug-likeness (QED) is 0.459. The van der Waals surface area contributed by atoms with Crippen LogP contribution in [0.1, 0.15) is 43.9 Å². The third-order valence-corrected chi connectivity index (χ3v) is 6.47. The normalized spacial score (nSPS) is 13.8. The van der Waals surface area contributed by atoms with Crippen molar-refractivity contribution < 1.29 is 24.1 Å². The highest BCUT2D eigenvalue weighted by Crippen LogP contribution is 2.40. The van der Waals surface area contributed by atoms with Gasteiger partial charge in [-0.1, -0.05) is 26.0 Å². The summed E-state index contributed by atoms with van der Waals surface area (Å²) in [4.78, 5) is 2.08. The second kappa shape index (κ2) is 12.5. The fourth-order valence-electron chi connectivity index (χ4n) is 4.31. The second-order valence-electron chi connectivity index (χ2n) is 8.80. The van der Waals surface area contributed by atoms with Crippen LogP contribution in [0.15, 0.2) is 36.4 Å². The minimum absolute atomic E-state index is 0.110. The Labute approximate surface area is 203 Å². The second-order valence-corrected chi connectivity index (χ2v) is 8.80. The number of rotatable bonds is 13. The molecule has 0 aliphatic carbocycles. The lowest BCUT2D eigenvalue weighted by Crippen LogP contribution is -2.33. The molecule has 0 aliphatic heterocycles. The molecule has 2 aromatic carbocycles. The molecule has 0 bridgehead atoms. The Morgan fingerprint density at radius 3 is 2.00 bits per heavy atom. The van der Waals surface area contributed by atoms with E-state index in [0.717, 1.165) is 24.1 Å². The van der Waals surface area contributed by atoms with Crippen molar-refractivity contribution in [2.75, 3.05) is 48.6 Å². The summed E-state index contributed by atoms with van der Waals surface area (Å²) in [5.41, 5.74) is 1.04. The van der Waals surface area contributed by atoms with Gasteiger partial charge in [0.05, 0.1) is 46.0 Å². The zero-order valence-electron chi connectivity index (χ0n) is 21.4. The minimum Gasteiger partial charge on any atom is -0.493 e. The minimum atomic E-state index is -0.665. The maximum Gasteiger partial charge on any atom is 0.161 e. The van der Waals surface area contributed by atoms with E-state index in [-0.39, 0.29) is 5.92 Å². The van der Waals surface area contributed by atoms with Gasteiger partial charge in [-0.05, 0) is 67.7 Å². The van der Waals surface area contributed by atoms with Crippen molar-refractivity contribution in [2.45, 2.75) is 38.2 Å². The van der Waals surface area contributed by atoms with Crippen molar-refractivity contribution in [1.82, 2.24) is 4.90 Å². The number of methoxy groups -OCH3 is 4. The zero-order chi connectivity index (χ0) is 25.3. The number of aliphatic hydroxyl groups excluding tert-OH is 1. The van der Waals surface area contributed by atoms with Crippen LogP contribution in [-0.4, -0.2) is 58.6 Å². The van der Waals surface area contributed by atoms with Crippen molar-refractivity contribution in [2.24, 2.45) is 5.92 Å². The van der Waals surface area contributed by atoms with Crippen molar-refractivity contribution in [3.63, 3.8) is 0 Å². The van der Waals surface area contributed by atoms with E-state index in [4.69, 9.17) is 18.9 Å². The van der Waals surface area contributed by atoms with E-state index < -0.39 is 11.5 Å². The summed E-state index contributed by atoms with van der Waals surface area (Å²) in [6, 6.07) is 13.8. The lowest BCUT2D eigenvalue weighted by Gasteiger charge is -2.32. The summed E-state index contributed by atoms with van der Waals surface area (Å²) in [6.45, 7) is 5.36. The highest BCUT2D eigenvalue weighted by molar-refractivity contribution is 5.47. The molecule has 1 N–H and O–H groups in total. The fraction of sp³-hybridized carbons (Fsp3) is 0.519. The molecular weight excluding hydrogens is 432 g/mol. The molecule has 0 aliphatic rings. The molecule has 34 heavy (non-hydrogen) atoms. The highest BCUT2D eigenvalue weighted by atomic mass is 16.5. The van der Waals surface area contributed by atoms with Gasteiger partial charge < -0.3 is 29.0 Å². The van der Waals surface area contributed by atoms with Crippen LogP contribution in [0.5, 0.6) is 23.0 Å². The van der Waals surface area contributed by atoms with Gasteiger partial charge in [0.2, 0.25) is 0 Å². The lowest BCUT2D eigenvalue weighted by molar-refractivity contribution is 0.124. The standard InChI is InChI=1S/C27H38N2O5/c1-19(2)27(18-28,21-10-12-24(32-5)26(16-21)34-7)13-8-14-29(3)17-22(30)20-9-11-23(31-4)25(15-20)33-6/h9-12,15-16,19,22,30H,8,13-14,17H2,1-7H3. The van der Waals surface area contributed by atoms with Gasteiger partial charge in [0.1, 0.15) is 0 Å². The molecule has 186 valence electrons. The molecule has 0 radical (unpaired) electrons. The van der Waals surface area contributed by atoms with Gasteiger partial charge in [0.15, 0.2) is 23.0 Å². The van der Waals surface area contributed by atoms with E-state index in [9.17, 15) is 10.4 Å². The summed E-state index contributed by atoms with van der Waals surface area (Å²) in [6.07, 6.45) is 0.823. The van der Waals surface area contributed by atoms with Gasteiger partial charge in [-0.15, -0.1) is 0 Å². The van der Waals surface area contributed by atoms with E-state index >= 15 is 0 Å². The van der Waals surface area contributed by atoms with E-state index in [0.29, 0.717) is 36.0 Å². The number of hydrogen-bond donors (Lipinski definition) is 1. The van der Waals surface area contributed by atoms with Crippen LogP contribution < -0.4 is 18.9 Å². The molecule has 0 saturated heterocycles. The Bertz CT molecular complexity index is 972. The van der Waals surface area contributed by atoms with Crippen molar-refractivity contribution >= 4 is 0 Å². The Morgan fingerprint density at radius 1 is 0.912 bits per heavy atom. The lowest BCUT2D eigenvalue weighted by atomic mass is 9.69. The Morgan fingerprint density at radius 2 is 1.47 bits per heavy atom. The first kappa shape index (κ1) is 27.3. The molecule has 7 nitrogen and oxygen atoms in total. The van der Waals surface area contributed by atoms with Crippen molar-refractivity contribution in [1.29, 1.82) is 5.26 Å². The average Bonchev–Trinajstić information content (AvgIpc) is 2.85. The number of ether oxygens (including phenoxy) is 4. The Balaban J connectivity index is 2.08. The van der Waals surface area contributed by atoms with Crippen LogP contribution in [0.25, 0.3) is 0 Å². The molecule has 2 unspecified atom stereocenters. The van der Waals surface area contributed by atoms with Gasteiger partial charge in [-0.25, -0.2) is 0 Å². The molecule has 2 rings (SSSR count). The number of nitriles is 1. The maximum atomic E-state index is 10.7. The van der Waals surface area contributed by atoms with Gasteiger partial charge in [0.25, 0.3) is 0 Å².